The van der Waals surface area contributed by atoms with Crippen LogP contribution in [0.1, 0.15) is 18.7 Å². The summed E-state index contributed by atoms with van der Waals surface area (Å²) in [7, 11) is 0. The average Bonchev–Trinajstić information content (AvgIpc) is 2.89. The van der Waals surface area contributed by atoms with Crippen LogP contribution in [0.25, 0.3) is 10.6 Å². The first-order valence-corrected chi connectivity index (χ1v) is 6.69. The lowest BCUT2D eigenvalue weighted by molar-refractivity contribution is 0.182. The van der Waals surface area contributed by atoms with Gasteiger partial charge in [-0.1, -0.05) is 0 Å². The number of aliphatic hydroxyl groups is 1. The van der Waals surface area contributed by atoms with Crippen LogP contribution in [0.2, 0.25) is 0 Å². The molecule has 1 aromatic heterocycles. The third kappa shape index (κ3) is 2.87. The second-order valence-electron chi connectivity index (χ2n) is 3.79. The summed E-state index contributed by atoms with van der Waals surface area (Å²) in [5.74, 6) is 0.847. The standard InChI is InChI=1S/C13H16N2O2S/c1-2-17-10-5-3-9(4-6-10)13-15-11(8-18-13)12(16)7-14/h3-6,8,12,16H,2,7,14H2,1H3. The molecule has 0 fully saturated rings. The van der Waals surface area contributed by atoms with Gasteiger partial charge in [-0.25, -0.2) is 4.98 Å². The van der Waals surface area contributed by atoms with Crippen LogP contribution in [-0.4, -0.2) is 23.2 Å². The summed E-state index contributed by atoms with van der Waals surface area (Å²) in [6, 6.07) is 7.75. The van der Waals surface area contributed by atoms with E-state index in [1.165, 1.54) is 11.3 Å². The van der Waals surface area contributed by atoms with Gasteiger partial charge in [0.05, 0.1) is 12.3 Å². The molecular formula is C13H16N2O2S. The van der Waals surface area contributed by atoms with Crippen molar-refractivity contribution < 1.29 is 9.84 Å². The van der Waals surface area contributed by atoms with E-state index in [1.807, 2.05) is 36.6 Å². The van der Waals surface area contributed by atoms with Crippen LogP contribution in [0.4, 0.5) is 0 Å². The molecule has 1 unspecified atom stereocenters. The summed E-state index contributed by atoms with van der Waals surface area (Å²) in [4.78, 5) is 4.37. The van der Waals surface area contributed by atoms with Gasteiger partial charge in [0.15, 0.2) is 0 Å². The van der Waals surface area contributed by atoms with Crippen molar-refractivity contribution >= 4 is 11.3 Å². The second kappa shape index (κ2) is 5.95. The molecule has 3 N–H and O–H groups in total. The van der Waals surface area contributed by atoms with Crippen molar-refractivity contribution in [3.63, 3.8) is 0 Å². The van der Waals surface area contributed by atoms with Gasteiger partial charge in [-0.3, -0.25) is 0 Å². The number of nitrogens with zero attached hydrogens (tertiary/aromatic N) is 1. The van der Waals surface area contributed by atoms with Crippen LogP contribution in [0.5, 0.6) is 5.75 Å². The van der Waals surface area contributed by atoms with E-state index in [9.17, 15) is 5.11 Å². The highest BCUT2D eigenvalue weighted by molar-refractivity contribution is 7.13. The van der Waals surface area contributed by atoms with Gasteiger partial charge >= 0.3 is 0 Å². The summed E-state index contributed by atoms with van der Waals surface area (Å²) in [6.07, 6.45) is -0.683. The van der Waals surface area contributed by atoms with Crippen LogP contribution in [0.3, 0.4) is 0 Å². The molecule has 0 saturated carbocycles. The third-order valence-electron chi connectivity index (χ3n) is 2.50. The normalized spacial score (nSPS) is 12.4. The van der Waals surface area contributed by atoms with Crippen molar-refractivity contribution in [1.29, 1.82) is 0 Å². The number of aliphatic hydroxyl groups excluding tert-OH is 1. The van der Waals surface area contributed by atoms with E-state index < -0.39 is 6.10 Å². The maximum Gasteiger partial charge on any atom is 0.123 e. The predicted molar refractivity (Wildman–Crippen MR) is 72.7 cm³/mol. The highest BCUT2D eigenvalue weighted by Crippen LogP contribution is 2.27. The number of hydrogen-bond donors (Lipinski definition) is 2. The lowest BCUT2D eigenvalue weighted by Crippen LogP contribution is -2.11. The van der Waals surface area contributed by atoms with Gasteiger partial charge in [-0.15, -0.1) is 11.3 Å². The Kier molecular flexibility index (Phi) is 4.30. The van der Waals surface area contributed by atoms with Gasteiger partial charge in [-0.05, 0) is 31.2 Å². The number of thiazole rings is 1. The zero-order valence-electron chi connectivity index (χ0n) is 10.2. The molecule has 4 nitrogen and oxygen atoms in total. The van der Waals surface area contributed by atoms with Crippen molar-refractivity contribution in [2.75, 3.05) is 13.2 Å². The van der Waals surface area contributed by atoms with Crippen LogP contribution < -0.4 is 10.5 Å². The first kappa shape index (κ1) is 13.0. The van der Waals surface area contributed by atoms with Gasteiger partial charge in [0.2, 0.25) is 0 Å². The van der Waals surface area contributed by atoms with Gasteiger partial charge in [0.25, 0.3) is 0 Å². The largest absolute Gasteiger partial charge is 0.494 e. The first-order valence-electron chi connectivity index (χ1n) is 5.81. The van der Waals surface area contributed by atoms with Crippen LogP contribution in [0.15, 0.2) is 29.6 Å². The van der Waals surface area contributed by atoms with E-state index in [2.05, 4.69) is 4.98 Å². The minimum Gasteiger partial charge on any atom is -0.494 e. The van der Waals surface area contributed by atoms with Crippen LogP contribution >= 0.6 is 11.3 Å². The fourth-order valence-corrected chi connectivity index (χ4v) is 2.43. The summed E-state index contributed by atoms with van der Waals surface area (Å²) in [6.45, 7) is 2.80. The summed E-state index contributed by atoms with van der Waals surface area (Å²) in [5, 5.41) is 12.3. The summed E-state index contributed by atoms with van der Waals surface area (Å²) >= 11 is 1.50. The molecule has 1 heterocycles. The molecule has 2 aromatic rings. The molecule has 5 heteroatoms. The Hall–Kier alpha value is -1.43. The molecule has 1 atom stereocenters. The fraction of sp³-hybridized carbons (Fsp3) is 0.308. The molecule has 0 radical (unpaired) electrons. The lowest BCUT2D eigenvalue weighted by atomic mass is 10.2. The Labute approximate surface area is 110 Å². The lowest BCUT2D eigenvalue weighted by Gasteiger charge is -2.03. The van der Waals surface area contributed by atoms with E-state index in [1.54, 1.807) is 0 Å². The average molecular weight is 264 g/mol. The maximum absolute atomic E-state index is 9.60. The summed E-state index contributed by atoms with van der Waals surface area (Å²) in [5.41, 5.74) is 7.05. The van der Waals surface area contributed by atoms with Gasteiger partial charge < -0.3 is 15.6 Å². The second-order valence-corrected chi connectivity index (χ2v) is 4.64. The van der Waals surface area contributed by atoms with Crippen molar-refractivity contribution in [2.24, 2.45) is 5.73 Å². The smallest absolute Gasteiger partial charge is 0.123 e. The van der Waals surface area contributed by atoms with Crippen molar-refractivity contribution in [2.45, 2.75) is 13.0 Å². The Morgan fingerprint density at radius 1 is 1.39 bits per heavy atom. The van der Waals surface area contributed by atoms with E-state index >= 15 is 0 Å². The van der Waals surface area contributed by atoms with E-state index in [4.69, 9.17) is 10.5 Å². The molecular weight excluding hydrogens is 248 g/mol. The maximum atomic E-state index is 9.60. The molecule has 0 aliphatic carbocycles. The van der Waals surface area contributed by atoms with E-state index in [-0.39, 0.29) is 6.54 Å². The number of aromatic nitrogens is 1. The predicted octanol–water partition coefficient (Wildman–Crippen LogP) is 2.20. The van der Waals surface area contributed by atoms with Crippen LogP contribution in [-0.2, 0) is 0 Å². The van der Waals surface area contributed by atoms with Gasteiger partial charge in [0, 0.05) is 17.5 Å². The van der Waals surface area contributed by atoms with Gasteiger partial charge in [0.1, 0.15) is 16.9 Å². The monoisotopic (exact) mass is 264 g/mol. The molecule has 2 rings (SSSR count). The molecule has 96 valence electrons. The Balaban J connectivity index is 2.18. The Morgan fingerprint density at radius 2 is 2.11 bits per heavy atom. The molecule has 0 saturated heterocycles. The van der Waals surface area contributed by atoms with Crippen molar-refractivity contribution in [3.05, 3.63) is 35.3 Å². The molecule has 0 aliphatic heterocycles. The first-order chi connectivity index (χ1) is 8.74. The SMILES string of the molecule is CCOc1ccc(-c2nc(C(O)CN)cs2)cc1. The minimum absolute atomic E-state index is 0.187. The molecule has 1 aromatic carbocycles. The number of ether oxygens (including phenoxy) is 1. The van der Waals surface area contributed by atoms with Crippen molar-refractivity contribution in [3.8, 4) is 16.3 Å². The topological polar surface area (TPSA) is 68.4 Å². The molecule has 0 aliphatic rings. The zero-order valence-corrected chi connectivity index (χ0v) is 11.0. The number of rotatable bonds is 5. The van der Waals surface area contributed by atoms with Crippen molar-refractivity contribution in [1.82, 2.24) is 4.98 Å². The quantitative estimate of drug-likeness (QED) is 0.868. The number of benzene rings is 1. The minimum atomic E-state index is -0.683. The summed E-state index contributed by atoms with van der Waals surface area (Å²) < 4.78 is 5.38. The Morgan fingerprint density at radius 3 is 2.72 bits per heavy atom. The van der Waals surface area contributed by atoms with E-state index in [0.717, 1.165) is 16.3 Å². The highest BCUT2D eigenvalue weighted by atomic mass is 32.1. The molecule has 0 bridgehead atoms. The Bertz CT molecular complexity index is 496. The molecule has 0 spiro atoms. The number of hydrogen-bond acceptors (Lipinski definition) is 5. The van der Waals surface area contributed by atoms with Gasteiger partial charge in [-0.2, -0.15) is 0 Å². The number of nitrogens with two attached hydrogens (primary N) is 1. The molecule has 18 heavy (non-hydrogen) atoms. The third-order valence-corrected chi connectivity index (χ3v) is 3.41. The fourth-order valence-electron chi connectivity index (χ4n) is 1.55. The highest BCUT2D eigenvalue weighted by Gasteiger charge is 2.11. The van der Waals surface area contributed by atoms with E-state index in [0.29, 0.717) is 12.3 Å². The zero-order chi connectivity index (χ0) is 13.0. The molecule has 0 amide bonds. The van der Waals surface area contributed by atoms with Crippen LogP contribution in [0, 0.1) is 0 Å².